The fourth-order valence-corrected chi connectivity index (χ4v) is 2.02. The summed E-state index contributed by atoms with van der Waals surface area (Å²) >= 11 is 5.81. The number of halogens is 1. The number of carbonyl (C=O) groups is 2. The summed E-state index contributed by atoms with van der Waals surface area (Å²) < 4.78 is 0. The lowest BCUT2D eigenvalue weighted by atomic mass is 9.95. The molecule has 1 amide bonds. The second kappa shape index (κ2) is 4.14. The molecule has 1 heterocycles. The Morgan fingerprint density at radius 2 is 2.31 bits per heavy atom. The van der Waals surface area contributed by atoms with Crippen molar-refractivity contribution in [2.24, 2.45) is 5.73 Å². The van der Waals surface area contributed by atoms with Gasteiger partial charge in [-0.15, -0.1) is 0 Å². The van der Waals surface area contributed by atoms with Crippen molar-refractivity contribution in [3.8, 4) is 0 Å². The number of primary amides is 1. The summed E-state index contributed by atoms with van der Waals surface area (Å²) in [7, 11) is 0. The van der Waals surface area contributed by atoms with Crippen LogP contribution >= 0.6 is 11.6 Å². The van der Waals surface area contributed by atoms with Gasteiger partial charge in [0, 0.05) is 35.2 Å². The SMILES string of the molecule is NC(=O)C[C@@H]1CC(=O)c2cc(Cl)ccc2N1. The van der Waals surface area contributed by atoms with Crippen molar-refractivity contribution in [3.05, 3.63) is 28.8 Å². The van der Waals surface area contributed by atoms with Gasteiger partial charge in [-0.2, -0.15) is 0 Å². The van der Waals surface area contributed by atoms with Gasteiger partial charge in [0.15, 0.2) is 5.78 Å². The molecule has 0 unspecified atom stereocenters. The van der Waals surface area contributed by atoms with Crippen molar-refractivity contribution < 1.29 is 9.59 Å². The largest absolute Gasteiger partial charge is 0.381 e. The average molecular weight is 239 g/mol. The molecule has 2 rings (SSSR count). The van der Waals surface area contributed by atoms with Crippen molar-refractivity contribution >= 4 is 29.0 Å². The molecule has 0 saturated carbocycles. The Labute approximate surface area is 97.8 Å². The zero-order valence-electron chi connectivity index (χ0n) is 8.50. The molecule has 1 aromatic carbocycles. The summed E-state index contributed by atoms with van der Waals surface area (Å²) in [6, 6.07) is 4.86. The first-order valence-electron chi connectivity index (χ1n) is 4.94. The van der Waals surface area contributed by atoms with E-state index in [-0.39, 0.29) is 24.7 Å². The summed E-state index contributed by atoms with van der Waals surface area (Å²) in [4.78, 5) is 22.6. The molecule has 3 N–H and O–H groups in total. The Kier molecular flexibility index (Phi) is 2.83. The average Bonchev–Trinajstić information content (AvgIpc) is 2.18. The predicted molar refractivity (Wildman–Crippen MR) is 61.6 cm³/mol. The van der Waals surface area contributed by atoms with Gasteiger partial charge >= 0.3 is 0 Å². The highest BCUT2D eigenvalue weighted by Gasteiger charge is 2.25. The van der Waals surface area contributed by atoms with Crippen molar-refractivity contribution in [1.82, 2.24) is 0 Å². The molecule has 1 atom stereocenters. The molecule has 0 bridgehead atoms. The lowest BCUT2D eigenvalue weighted by Gasteiger charge is -2.25. The molecule has 16 heavy (non-hydrogen) atoms. The first-order chi connectivity index (χ1) is 7.56. The maximum absolute atomic E-state index is 11.8. The topological polar surface area (TPSA) is 72.2 Å². The minimum absolute atomic E-state index is 0.0116. The molecule has 0 saturated heterocycles. The third-order valence-electron chi connectivity index (χ3n) is 2.52. The molecule has 4 nitrogen and oxygen atoms in total. The molecule has 1 aromatic rings. The zero-order chi connectivity index (χ0) is 11.7. The van der Waals surface area contributed by atoms with Gasteiger partial charge in [0.1, 0.15) is 0 Å². The standard InChI is InChI=1S/C11H11ClN2O2/c12-6-1-2-9-8(3-6)10(15)4-7(14-9)5-11(13)16/h1-3,7,14H,4-5H2,(H2,13,16)/t7-/m0/s1. The second-order valence-electron chi connectivity index (χ2n) is 3.83. The number of amides is 1. The van der Waals surface area contributed by atoms with Gasteiger partial charge in [-0.3, -0.25) is 9.59 Å². The van der Waals surface area contributed by atoms with Gasteiger partial charge in [0.05, 0.1) is 0 Å². The van der Waals surface area contributed by atoms with Crippen LogP contribution in [0.3, 0.4) is 0 Å². The number of fused-ring (bicyclic) bond motifs is 1. The van der Waals surface area contributed by atoms with E-state index in [4.69, 9.17) is 17.3 Å². The predicted octanol–water partition coefficient (Wildman–Crippen LogP) is 1.58. The number of ketones is 1. The van der Waals surface area contributed by atoms with Crippen molar-refractivity contribution in [2.75, 3.05) is 5.32 Å². The Bertz CT molecular complexity index is 459. The molecule has 0 aliphatic carbocycles. The van der Waals surface area contributed by atoms with Crippen LogP contribution in [0.5, 0.6) is 0 Å². The number of Topliss-reactive ketones (excluding diaryl/α,β-unsaturated/α-hetero) is 1. The number of anilines is 1. The first-order valence-corrected chi connectivity index (χ1v) is 5.31. The van der Waals surface area contributed by atoms with Crippen LogP contribution in [0.4, 0.5) is 5.69 Å². The summed E-state index contributed by atoms with van der Waals surface area (Å²) in [5.41, 5.74) is 6.39. The van der Waals surface area contributed by atoms with Gasteiger partial charge in [0.25, 0.3) is 0 Å². The highest BCUT2D eigenvalue weighted by atomic mass is 35.5. The third-order valence-corrected chi connectivity index (χ3v) is 2.76. The monoisotopic (exact) mass is 238 g/mol. The quantitative estimate of drug-likeness (QED) is 0.822. The number of benzene rings is 1. The van der Waals surface area contributed by atoms with Gasteiger partial charge < -0.3 is 11.1 Å². The number of hydrogen-bond donors (Lipinski definition) is 2. The lowest BCUT2D eigenvalue weighted by molar-refractivity contribution is -0.118. The van der Waals surface area contributed by atoms with E-state index >= 15 is 0 Å². The van der Waals surface area contributed by atoms with Crippen LogP contribution in [0.15, 0.2) is 18.2 Å². The Morgan fingerprint density at radius 1 is 1.56 bits per heavy atom. The Morgan fingerprint density at radius 3 is 3.00 bits per heavy atom. The molecule has 84 valence electrons. The molecule has 0 radical (unpaired) electrons. The Hall–Kier alpha value is -1.55. The molecule has 0 aromatic heterocycles. The van der Waals surface area contributed by atoms with Crippen LogP contribution in [0.1, 0.15) is 23.2 Å². The molecule has 0 fully saturated rings. The molecular weight excluding hydrogens is 228 g/mol. The van der Waals surface area contributed by atoms with Gasteiger partial charge in [-0.1, -0.05) is 11.6 Å². The number of nitrogens with one attached hydrogen (secondary N) is 1. The molecule has 1 aliphatic heterocycles. The highest BCUT2D eigenvalue weighted by Crippen LogP contribution is 2.28. The summed E-state index contributed by atoms with van der Waals surface area (Å²) in [5, 5.41) is 3.64. The van der Waals surface area contributed by atoms with E-state index in [2.05, 4.69) is 5.32 Å². The van der Waals surface area contributed by atoms with E-state index in [1.165, 1.54) is 0 Å². The second-order valence-corrected chi connectivity index (χ2v) is 4.27. The minimum atomic E-state index is -0.414. The summed E-state index contributed by atoms with van der Waals surface area (Å²) in [5.74, 6) is -0.426. The fraction of sp³-hybridized carbons (Fsp3) is 0.273. The maximum atomic E-state index is 11.8. The van der Waals surface area contributed by atoms with Gasteiger partial charge in [-0.25, -0.2) is 0 Å². The number of carbonyl (C=O) groups excluding carboxylic acids is 2. The van der Waals surface area contributed by atoms with E-state index < -0.39 is 5.91 Å². The smallest absolute Gasteiger partial charge is 0.219 e. The van der Waals surface area contributed by atoms with Crippen molar-refractivity contribution in [3.63, 3.8) is 0 Å². The lowest BCUT2D eigenvalue weighted by Crippen LogP contribution is -2.33. The molecule has 5 heteroatoms. The van der Waals surface area contributed by atoms with Crippen LogP contribution in [0.25, 0.3) is 0 Å². The van der Waals surface area contributed by atoms with E-state index in [0.29, 0.717) is 16.3 Å². The maximum Gasteiger partial charge on any atom is 0.219 e. The third kappa shape index (κ3) is 2.17. The van der Waals surface area contributed by atoms with E-state index in [0.717, 1.165) is 0 Å². The first kappa shape index (κ1) is 11.0. The summed E-state index contributed by atoms with van der Waals surface area (Å²) in [6.45, 7) is 0. The minimum Gasteiger partial charge on any atom is -0.381 e. The van der Waals surface area contributed by atoms with Gasteiger partial charge in [-0.05, 0) is 18.2 Å². The van der Waals surface area contributed by atoms with Crippen LogP contribution < -0.4 is 11.1 Å². The number of hydrogen-bond acceptors (Lipinski definition) is 3. The van der Waals surface area contributed by atoms with Crippen molar-refractivity contribution in [1.29, 1.82) is 0 Å². The van der Waals surface area contributed by atoms with E-state index in [9.17, 15) is 9.59 Å². The van der Waals surface area contributed by atoms with Crippen molar-refractivity contribution in [2.45, 2.75) is 18.9 Å². The van der Waals surface area contributed by atoms with Gasteiger partial charge in [0.2, 0.25) is 5.91 Å². The van der Waals surface area contributed by atoms with E-state index in [1.807, 2.05) is 0 Å². The fourth-order valence-electron chi connectivity index (χ4n) is 1.84. The highest BCUT2D eigenvalue weighted by molar-refractivity contribution is 6.31. The molecule has 0 spiro atoms. The number of rotatable bonds is 2. The summed E-state index contributed by atoms with van der Waals surface area (Å²) in [6.07, 6.45) is 0.435. The van der Waals surface area contributed by atoms with Crippen LogP contribution in [0, 0.1) is 0 Å². The van der Waals surface area contributed by atoms with Crippen LogP contribution in [-0.4, -0.2) is 17.7 Å². The zero-order valence-corrected chi connectivity index (χ0v) is 9.25. The van der Waals surface area contributed by atoms with Crippen LogP contribution in [0.2, 0.25) is 5.02 Å². The van der Waals surface area contributed by atoms with E-state index in [1.54, 1.807) is 18.2 Å². The van der Waals surface area contributed by atoms with Crippen LogP contribution in [-0.2, 0) is 4.79 Å². The number of nitrogens with two attached hydrogens (primary N) is 1. The molecule has 1 aliphatic rings. The Balaban J connectivity index is 2.26. The normalized spacial score (nSPS) is 18.8. The molecular formula is C11H11ClN2O2.